The number of aliphatic imine (C=N–C) groups is 1. The molecule has 2 aromatic rings. The highest BCUT2D eigenvalue weighted by Crippen LogP contribution is 2.15. The highest BCUT2D eigenvalue weighted by atomic mass is 16.5. The van der Waals surface area contributed by atoms with Crippen molar-refractivity contribution in [1.82, 2.24) is 4.98 Å². The number of nitrogens with zero attached hydrogens (tertiary/aromatic N) is 2. The summed E-state index contributed by atoms with van der Waals surface area (Å²) in [4.78, 5) is 8.15. The number of benzene rings is 1. The summed E-state index contributed by atoms with van der Waals surface area (Å²) in [7, 11) is 0. The molecule has 0 amide bonds. The largest absolute Gasteiger partial charge is 0.487 e. The fraction of sp³-hybridized carbons (Fsp3) is 0.143. The molecule has 0 aliphatic carbocycles. The van der Waals surface area contributed by atoms with Crippen molar-refractivity contribution in [3.63, 3.8) is 0 Å². The van der Waals surface area contributed by atoms with Crippen LogP contribution in [0.2, 0.25) is 0 Å². The van der Waals surface area contributed by atoms with Crippen LogP contribution >= 0.6 is 0 Å². The van der Waals surface area contributed by atoms with E-state index in [9.17, 15) is 0 Å². The number of pyridine rings is 1. The Hall–Kier alpha value is -2.56. The average Bonchev–Trinajstić information content (AvgIpc) is 2.44. The number of nitrogens with two attached hydrogens (primary N) is 2. The zero-order valence-electron chi connectivity index (χ0n) is 10.5. The van der Waals surface area contributed by atoms with Gasteiger partial charge in [-0.15, -0.1) is 0 Å². The van der Waals surface area contributed by atoms with Crippen molar-refractivity contribution in [3.05, 3.63) is 59.9 Å². The standard InChI is InChI=1S/C14H16N4O/c15-14(16)18-9-11-4-3-6-13(8-11)19-10-12-5-1-2-7-17-12/h1-8H,9-10H2,(H4,15,16,18). The molecule has 1 heterocycles. The van der Waals surface area contributed by atoms with Crippen molar-refractivity contribution in [2.45, 2.75) is 13.2 Å². The van der Waals surface area contributed by atoms with Crippen LogP contribution in [0.25, 0.3) is 0 Å². The summed E-state index contributed by atoms with van der Waals surface area (Å²) in [5.74, 6) is 0.855. The van der Waals surface area contributed by atoms with Gasteiger partial charge in [0.15, 0.2) is 5.96 Å². The van der Waals surface area contributed by atoms with Crippen LogP contribution in [-0.4, -0.2) is 10.9 Å². The number of hydrogen-bond acceptors (Lipinski definition) is 3. The molecule has 0 unspecified atom stereocenters. The fourth-order valence-corrected chi connectivity index (χ4v) is 1.56. The third kappa shape index (κ3) is 4.31. The summed E-state index contributed by atoms with van der Waals surface area (Å²) in [6.45, 7) is 0.885. The maximum atomic E-state index is 5.67. The fourth-order valence-electron chi connectivity index (χ4n) is 1.56. The second-order valence-corrected chi connectivity index (χ2v) is 4.00. The van der Waals surface area contributed by atoms with Crippen LogP contribution in [0.15, 0.2) is 53.7 Å². The summed E-state index contributed by atoms with van der Waals surface area (Å²) in [5, 5.41) is 0. The van der Waals surface area contributed by atoms with E-state index in [2.05, 4.69) is 9.98 Å². The minimum Gasteiger partial charge on any atom is -0.487 e. The smallest absolute Gasteiger partial charge is 0.186 e. The van der Waals surface area contributed by atoms with E-state index in [0.717, 1.165) is 17.0 Å². The lowest BCUT2D eigenvalue weighted by Gasteiger charge is -2.06. The Morgan fingerprint density at radius 2 is 2.05 bits per heavy atom. The molecule has 0 fully saturated rings. The van der Waals surface area contributed by atoms with Crippen LogP contribution in [0.5, 0.6) is 5.75 Å². The van der Waals surface area contributed by atoms with Gasteiger partial charge in [0.05, 0.1) is 12.2 Å². The molecule has 0 bridgehead atoms. The first-order valence-corrected chi connectivity index (χ1v) is 5.91. The predicted molar refractivity (Wildman–Crippen MR) is 74.5 cm³/mol. The number of rotatable bonds is 5. The van der Waals surface area contributed by atoms with Gasteiger partial charge in [-0.2, -0.15) is 0 Å². The normalized spacial score (nSPS) is 9.89. The Morgan fingerprint density at radius 1 is 1.16 bits per heavy atom. The zero-order valence-corrected chi connectivity index (χ0v) is 10.5. The van der Waals surface area contributed by atoms with Crippen molar-refractivity contribution >= 4 is 5.96 Å². The lowest BCUT2D eigenvalue weighted by molar-refractivity contribution is 0.301. The molecule has 1 aromatic heterocycles. The first kappa shape index (κ1) is 12.9. The van der Waals surface area contributed by atoms with E-state index in [-0.39, 0.29) is 5.96 Å². The minimum atomic E-state index is 0.0832. The molecule has 1 aromatic carbocycles. The maximum Gasteiger partial charge on any atom is 0.186 e. The molecular formula is C14H16N4O. The van der Waals surface area contributed by atoms with E-state index >= 15 is 0 Å². The van der Waals surface area contributed by atoms with Crippen molar-refractivity contribution < 1.29 is 4.74 Å². The van der Waals surface area contributed by atoms with E-state index in [4.69, 9.17) is 16.2 Å². The second-order valence-electron chi connectivity index (χ2n) is 4.00. The number of ether oxygens (including phenoxy) is 1. The highest BCUT2D eigenvalue weighted by molar-refractivity contribution is 5.75. The topological polar surface area (TPSA) is 86.5 Å². The molecule has 4 N–H and O–H groups in total. The quantitative estimate of drug-likeness (QED) is 0.626. The SMILES string of the molecule is NC(N)=NCc1cccc(OCc2ccccn2)c1. The molecule has 19 heavy (non-hydrogen) atoms. The van der Waals surface area contributed by atoms with E-state index in [1.165, 1.54) is 0 Å². The van der Waals surface area contributed by atoms with E-state index in [1.54, 1.807) is 6.20 Å². The Labute approximate surface area is 111 Å². The van der Waals surface area contributed by atoms with Gasteiger partial charge in [-0.1, -0.05) is 18.2 Å². The van der Waals surface area contributed by atoms with Gasteiger partial charge in [0.25, 0.3) is 0 Å². The van der Waals surface area contributed by atoms with Gasteiger partial charge >= 0.3 is 0 Å². The molecule has 2 rings (SSSR count). The highest BCUT2D eigenvalue weighted by Gasteiger charge is 1.98. The van der Waals surface area contributed by atoms with Crippen LogP contribution in [0.3, 0.4) is 0 Å². The molecule has 0 saturated heterocycles. The van der Waals surface area contributed by atoms with E-state index in [1.807, 2.05) is 42.5 Å². The van der Waals surface area contributed by atoms with Crippen LogP contribution in [-0.2, 0) is 13.2 Å². The van der Waals surface area contributed by atoms with Crippen molar-refractivity contribution in [2.24, 2.45) is 16.5 Å². The summed E-state index contributed by atoms with van der Waals surface area (Å²) >= 11 is 0. The maximum absolute atomic E-state index is 5.67. The Bertz CT molecular complexity index is 550. The Morgan fingerprint density at radius 3 is 2.79 bits per heavy atom. The van der Waals surface area contributed by atoms with Crippen molar-refractivity contribution in [1.29, 1.82) is 0 Å². The second kappa shape index (κ2) is 6.39. The van der Waals surface area contributed by atoms with Crippen molar-refractivity contribution in [3.8, 4) is 5.75 Å². The van der Waals surface area contributed by atoms with Crippen LogP contribution in [0.4, 0.5) is 0 Å². The molecule has 0 saturated carbocycles. The van der Waals surface area contributed by atoms with Gasteiger partial charge < -0.3 is 16.2 Å². The van der Waals surface area contributed by atoms with E-state index < -0.39 is 0 Å². The summed E-state index contributed by atoms with van der Waals surface area (Å²) in [6.07, 6.45) is 1.74. The van der Waals surface area contributed by atoms with Crippen LogP contribution in [0, 0.1) is 0 Å². The number of aromatic nitrogens is 1. The molecule has 5 heteroatoms. The third-order valence-electron chi connectivity index (χ3n) is 2.46. The molecule has 0 aliphatic heterocycles. The van der Waals surface area contributed by atoms with Crippen molar-refractivity contribution in [2.75, 3.05) is 0 Å². The third-order valence-corrected chi connectivity index (χ3v) is 2.46. The molecular weight excluding hydrogens is 240 g/mol. The summed E-state index contributed by atoms with van der Waals surface area (Å²) < 4.78 is 5.67. The molecule has 0 aliphatic rings. The first-order chi connectivity index (χ1) is 9.24. The number of hydrogen-bond donors (Lipinski definition) is 2. The van der Waals surface area contributed by atoms with Crippen LogP contribution in [0.1, 0.15) is 11.3 Å². The lowest BCUT2D eigenvalue weighted by Crippen LogP contribution is -2.22. The Balaban J connectivity index is 1.97. The summed E-state index contributed by atoms with van der Waals surface area (Å²) in [6, 6.07) is 13.4. The van der Waals surface area contributed by atoms with Gasteiger partial charge in [0, 0.05) is 6.20 Å². The zero-order chi connectivity index (χ0) is 13.5. The van der Waals surface area contributed by atoms with Gasteiger partial charge in [-0.3, -0.25) is 4.98 Å². The van der Waals surface area contributed by atoms with Gasteiger partial charge in [-0.25, -0.2) is 4.99 Å². The summed E-state index contributed by atoms with van der Waals surface area (Å²) in [5.41, 5.74) is 12.5. The molecule has 0 atom stereocenters. The average molecular weight is 256 g/mol. The van der Waals surface area contributed by atoms with Gasteiger partial charge in [0.1, 0.15) is 12.4 Å². The predicted octanol–water partition coefficient (Wildman–Crippen LogP) is 1.43. The number of guanidine groups is 1. The Kier molecular flexibility index (Phi) is 4.34. The minimum absolute atomic E-state index is 0.0832. The van der Waals surface area contributed by atoms with Gasteiger partial charge in [-0.05, 0) is 29.8 Å². The molecule has 98 valence electrons. The molecule has 0 radical (unpaired) electrons. The lowest BCUT2D eigenvalue weighted by atomic mass is 10.2. The van der Waals surface area contributed by atoms with E-state index in [0.29, 0.717) is 13.2 Å². The molecule has 5 nitrogen and oxygen atoms in total. The first-order valence-electron chi connectivity index (χ1n) is 5.91. The monoisotopic (exact) mass is 256 g/mol. The van der Waals surface area contributed by atoms with Gasteiger partial charge in [0.2, 0.25) is 0 Å². The van der Waals surface area contributed by atoms with Crippen LogP contribution < -0.4 is 16.2 Å². The molecule has 0 spiro atoms.